The zero-order valence-electron chi connectivity index (χ0n) is 9.11. The highest BCUT2D eigenvalue weighted by atomic mass is 35.5. The molecule has 0 radical (unpaired) electrons. The van der Waals surface area contributed by atoms with Crippen LogP contribution >= 0.6 is 11.6 Å². The molecule has 0 aliphatic carbocycles. The molecule has 0 saturated carbocycles. The molecule has 17 heavy (non-hydrogen) atoms. The van der Waals surface area contributed by atoms with Crippen LogP contribution in [0.15, 0.2) is 18.2 Å². The second-order valence-corrected chi connectivity index (χ2v) is 3.99. The minimum atomic E-state index is -0.401. The zero-order chi connectivity index (χ0) is 12.3. The molecule has 0 amide bonds. The lowest BCUT2D eigenvalue weighted by atomic mass is 10.2. The van der Waals surface area contributed by atoms with Crippen molar-refractivity contribution in [1.29, 1.82) is 0 Å². The quantitative estimate of drug-likeness (QED) is 0.875. The van der Waals surface area contributed by atoms with E-state index in [0.717, 1.165) is 0 Å². The van der Waals surface area contributed by atoms with Crippen LogP contribution in [-0.2, 0) is 6.54 Å². The first kappa shape index (κ1) is 11.9. The summed E-state index contributed by atoms with van der Waals surface area (Å²) in [4.78, 5) is 0. The molecule has 0 aliphatic heterocycles. The molecule has 1 atom stereocenters. The second kappa shape index (κ2) is 5.20. The Labute approximate surface area is 102 Å². The van der Waals surface area contributed by atoms with Crippen molar-refractivity contribution in [3.63, 3.8) is 0 Å². The van der Waals surface area contributed by atoms with Crippen molar-refractivity contribution in [3.8, 4) is 0 Å². The van der Waals surface area contributed by atoms with Gasteiger partial charge < -0.3 is 5.32 Å². The number of aromatic amines is 1. The molecule has 0 fully saturated rings. The first-order valence-corrected chi connectivity index (χ1v) is 5.46. The van der Waals surface area contributed by atoms with Gasteiger partial charge >= 0.3 is 0 Å². The van der Waals surface area contributed by atoms with Crippen LogP contribution in [0.2, 0.25) is 5.02 Å². The van der Waals surface area contributed by atoms with E-state index in [9.17, 15) is 4.39 Å². The number of hydrogen-bond donors (Lipinski definition) is 2. The summed E-state index contributed by atoms with van der Waals surface area (Å²) in [6.45, 7) is 2.22. The van der Waals surface area contributed by atoms with Crippen molar-refractivity contribution in [1.82, 2.24) is 25.9 Å². The lowest BCUT2D eigenvalue weighted by Crippen LogP contribution is -2.20. The van der Waals surface area contributed by atoms with Gasteiger partial charge in [0.25, 0.3) is 0 Å². The third-order valence-corrected chi connectivity index (χ3v) is 2.67. The number of nitrogens with zero attached hydrogens (tertiary/aromatic N) is 3. The lowest BCUT2D eigenvalue weighted by Gasteiger charge is -2.10. The fourth-order valence-electron chi connectivity index (χ4n) is 1.39. The number of rotatable bonds is 4. The number of tetrazole rings is 1. The number of aromatic nitrogens is 4. The van der Waals surface area contributed by atoms with E-state index in [1.54, 1.807) is 12.1 Å². The first-order valence-electron chi connectivity index (χ1n) is 5.08. The fraction of sp³-hybridized carbons (Fsp3) is 0.300. The molecule has 7 heteroatoms. The van der Waals surface area contributed by atoms with Crippen LogP contribution < -0.4 is 5.32 Å². The van der Waals surface area contributed by atoms with Gasteiger partial charge in [-0.3, -0.25) is 0 Å². The summed E-state index contributed by atoms with van der Waals surface area (Å²) in [5, 5.41) is 16.7. The normalized spacial score (nSPS) is 12.6. The van der Waals surface area contributed by atoms with Crippen LogP contribution in [-0.4, -0.2) is 20.6 Å². The van der Waals surface area contributed by atoms with Gasteiger partial charge in [0, 0.05) is 12.1 Å². The summed E-state index contributed by atoms with van der Waals surface area (Å²) in [6, 6.07) is 4.79. The maximum Gasteiger partial charge on any atom is 0.191 e. The Morgan fingerprint density at radius 1 is 1.53 bits per heavy atom. The maximum absolute atomic E-state index is 13.6. The third-order valence-electron chi connectivity index (χ3n) is 2.38. The van der Waals surface area contributed by atoms with E-state index in [2.05, 4.69) is 25.9 Å². The summed E-state index contributed by atoms with van der Waals surface area (Å²) < 4.78 is 13.6. The van der Waals surface area contributed by atoms with E-state index in [-0.39, 0.29) is 11.1 Å². The van der Waals surface area contributed by atoms with Crippen molar-refractivity contribution in [2.75, 3.05) is 0 Å². The highest BCUT2D eigenvalue weighted by Crippen LogP contribution is 2.18. The highest BCUT2D eigenvalue weighted by Gasteiger charge is 2.11. The standard InChI is InChI=1S/C10H11ClFN5/c1-6(10-14-16-17-15-10)13-5-7-3-2-4-8(11)9(7)12/h2-4,6,13H,5H2,1H3,(H,14,15,16,17). The smallest absolute Gasteiger partial charge is 0.191 e. The third kappa shape index (κ3) is 2.78. The fourth-order valence-corrected chi connectivity index (χ4v) is 1.59. The van der Waals surface area contributed by atoms with E-state index < -0.39 is 5.82 Å². The zero-order valence-corrected chi connectivity index (χ0v) is 9.87. The van der Waals surface area contributed by atoms with Crippen molar-refractivity contribution >= 4 is 11.6 Å². The van der Waals surface area contributed by atoms with Crippen molar-refractivity contribution in [2.24, 2.45) is 0 Å². The SMILES string of the molecule is CC(NCc1cccc(Cl)c1F)c1nn[nH]n1. The minimum absolute atomic E-state index is 0.118. The van der Waals surface area contributed by atoms with E-state index in [1.165, 1.54) is 6.07 Å². The Balaban J connectivity index is 2.00. The number of hydrogen-bond acceptors (Lipinski definition) is 4. The molecule has 0 aliphatic rings. The molecule has 2 rings (SSSR count). The molecule has 0 saturated heterocycles. The molecular formula is C10H11ClFN5. The summed E-state index contributed by atoms with van der Waals surface area (Å²) >= 11 is 5.69. The van der Waals surface area contributed by atoms with E-state index in [4.69, 9.17) is 11.6 Å². The average Bonchev–Trinajstić information content (AvgIpc) is 2.84. The van der Waals surface area contributed by atoms with Gasteiger partial charge in [-0.15, -0.1) is 10.2 Å². The molecule has 0 bridgehead atoms. The van der Waals surface area contributed by atoms with E-state index in [0.29, 0.717) is 17.9 Å². The molecule has 2 N–H and O–H groups in total. The number of benzene rings is 1. The van der Waals surface area contributed by atoms with Crippen molar-refractivity contribution < 1.29 is 4.39 Å². The molecule has 0 spiro atoms. The topological polar surface area (TPSA) is 66.5 Å². The van der Waals surface area contributed by atoms with Gasteiger partial charge in [0.1, 0.15) is 5.82 Å². The largest absolute Gasteiger partial charge is 0.303 e. The molecule has 1 aromatic carbocycles. The molecule has 5 nitrogen and oxygen atoms in total. The van der Waals surface area contributed by atoms with Crippen LogP contribution in [0.4, 0.5) is 4.39 Å². The number of halogens is 2. The Morgan fingerprint density at radius 2 is 2.35 bits per heavy atom. The molecular weight excluding hydrogens is 245 g/mol. The maximum atomic E-state index is 13.6. The van der Waals surface area contributed by atoms with Gasteiger partial charge in [0.15, 0.2) is 5.82 Å². The first-order chi connectivity index (χ1) is 8.18. The molecule has 90 valence electrons. The second-order valence-electron chi connectivity index (χ2n) is 3.59. The highest BCUT2D eigenvalue weighted by molar-refractivity contribution is 6.30. The summed E-state index contributed by atoms with van der Waals surface area (Å²) in [6.07, 6.45) is 0. The van der Waals surface area contributed by atoms with Crippen LogP contribution in [0, 0.1) is 5.82 Å². The predicted octanol–water partition coefficient (Wildman–Crippen LogP) is 1.84. The van der Waals surface area contributed by atoms with Gasteiger partial charge in [-0.05, 0) is 13.0 Å². The van der Waals surface area contributed by atoms with Crippen molar-refractivity contribution in [2.45, 2.75) is 19.5 Å². The summed E-state index contributed by atoms with van der Waals surface area (Å²) in [5.74, 6) is 0.134. The monoisotopic (exact) mass is 255 g/mol. The van der Waals surface area contributed by atoms with Gasteiger partial charge in [-0.1, -0.05) is 28.9 Å². The van der Waals surface area contributed by atoms with E-state index >= 15 is 0 Å². The Kier molecular flexibility index (Phi) is 3.65. The number of H-pyrrole nitrogens is 1. The Hall–Kier alpha value is -1.53. The lowest BCUT2D eigenvalue weighted by molar-refractivity contribution is 0.526. The van der Waals surface area contributed by atoms with Crippen LogP contribution in [0.1, 0.15) is 24.4 Å². The molecule has 1 aromatic heterocycles. The Morgan fingerprint density at radius 3 is 3.06 bits per heavy atom. The average molecular weight is 256 g/mol. The summed E-state index contributed by atoms with van der Waals surface area (Å²) in [5.41, 5.74) is 0.507. The molecule has 1 heterocycles. The molecule has 2 aromatic rings. The number of nitrogens with one attached hydrogen (secondary N) is 2. The Bertz CT molecular complexity index is 487. The summed E-state index contributed by atoms with van der Waals surface area (Å²) in [7, 11) is 0. The van der Waals surface area contributed by atoms with Gasteiger partial charge in [0.05, 0.1) is 11.1 Å². The van der Waals surface area contributed by atoms with E-state index in [1.807, 2.05) is 6.92 Å². The predicted molar refractivity (Wildman–Crippen MR) is 60.8 cm³/mol. The van der Waals surface area contributed by atoms with Crippen molar-refractivity contribution in [3.05, 3.63) is 40.4 Å². The van der Waals surface area contributed by atoms with Crippen LogP contribution in [0.3, 0.4) is 0 Å². The minimum Gasteiger partial charge on any atom is -0.303 e. The van der Waals surface area contributed by atoms with Gasteiger partial charge in [0.2, 0.25) is 0 Å². The van der Waals surface area contributed by atoms with Gasteiger partial charge in [-0.25, -0.2) is 4.39 Å². The van der Waals surface area contributed by atoms with Gasteiger partial charge in [-0.2, -0.15) is 5.21 Å². The van der Waals surface area contributed by atoms with Crippen LogP contribution in [0.5, 0.6) is 0 Å². The molecule has 1 unspecified atom stereocenters. The van der Waals surface area contributed by atoms with Crippen LogP contribution in [0.25, 0.3) is 0 Å².